The van der Waals surface area contributed by atoms with Crippen LogP contribution in [0.25, 0.3) is 0 Å². The predicted molar refractivity (Wildman–Crippen MR) is 357 cm³/mol. The molecule has 0 aliphatic rings. The third-order valence-corrected chi connectivity index (χ3v) is 15.3. The van der Waals surface area contributed by atoms with Crippen LogP contribution in [0.4, 0.5) is 0 Å². The number of allylic oxidation sites excluding steroid dienone is 16. The summed E-state index contributed by atoms with van der Waals surface area (Å²) in [6, 6.07) is 0. The average Bonchev–Trinajstić information content (AvgIpc) is 3.47. The quantitative estimate of drug-likeness (QED) is 0.0261. The number of hydrogen-bond donors (Lipinski definition) is 0. The standard InChI is InChI=1S/C76H132O6/c1-4-7-10-13-16-19-22-25-28-31-34-35-36-37-38-39-40-41-43-45-48-51-54-57-60-63-66-69-75(78)81-72-73(71-80-74(77)68-65-62-59-56-53-50-47-44-33-30-27-24-21-18-15-12-9-6-3)82-76(79)70-67-64-61-58-55-52-49-46-42-32-29-26-23-20-17-14-11-8-5-2/h8,11,17,20-21,24,26,29-30,33,42,46,52,55,61,64,73H,4-7,9-10,12-16,18-19,22-23,25,27-28,31-32,34-41,43-45,47-51,53-54,56-60,62-63,65-72H2,1-3H3/b11-8-,20-17-,24-21-,29-26-,33-30-,46-42-,55-52-,64-61-. The van der Waals surface area contributed by atoms with E-state index in [1.54, 1.807) is 0 Å². The Hall–Kier alpha value is -3.67. The van der Waals surface area contributed by atoms with Crippen molar-refractivity contribution in [2.45, 2.75) is 354 Å². The third kappa shape index (κ3) is 67.1. The van der Waals surface area contributed by atoms with Crippen LogP contribution in [0.3, 0.4) is 0 Å². The molecule has 0 saturated carbocycles. The molecule has 0 heterocycles. The Kier molecular flexibility index (Phi) is 66.7. The van der Waals surface area contributed by atoms with Crippen molar-refractivity contribution < 1.29 is 28.6 Å². The highest BCUT2D eigenvalue weighted by atomic mass is 16.6. The molecular formula is C76H132O6. The molecule has 0 aromatic rings. The Labute approximate surface area is 508 Å². The van der Waals surface area contributed by atoms with Gasteiger partial charge in [-0.2, -0.15) is 0 Å². The van der Waals surface area contributed by atoms with Crippen LogP contribution in [0, 0.1) is 0 Å². The molecule has 0 rings (SSSR count). The summed E-state index contributed by atoms with van der Waals surface area (Å²) < 4.78 is 16.9. The lowest BCUT2D eigenvalue weighted by Crippen LogP contribution is -2.30. The van der Waals surface area contributed by atoms with E-state index in [0.717, 1.165) is 89.9 Å². The van der Waals surface area contributed by atoms with E-state index in [2.05, 4.69) is 112 Å². The lowest BCUT2D eigenvalue weighted by Gasteiger charge is -2.18. The maximum Gasteiger partial charge on any atom is 0.306 e. The first-order chi connectivity index (χ1) is 40.5. The van der Waals surface area contributed by atoms with Crippen LogP contribution in [-0.4, -0.2) is 37.2 Å². The summed E-state index contributed by atoms with van der Waals surface area (Å²) >= 11 is 0. The Balaban J connectivity index is 4.38. The summed E-state index contributed by atoms with van der Waals surface area (Å²) in [5.41, 5.74) is 0. The molecule has 0 bridgehead atoms. The molecule has 1 atom stereocenters. The van der Waals surface area contributed by atoms with Gasteiger partial charge in [0.25, 0.3) is 0 Å². The molecule has 0 amide bonds. The minimum absolute atomic E-state index is 0.108. The first-order valence-electron chi connectivity index (χ1n) is 35.2. The Bertz CT molecular complexity index is 1590. The van der Waals surface area contributed by atoms with Crippen molar-refractivity contribution in [3.63, 3.8) is 0 Å². The topological polar surface area (TPSA) is 78.9 Å². The minimum atomic E-state index is -0.823. The van der Waals surface area contributed by atoms with Crippen LogP contribution in [0.5, 0.6) is 0 Å². The van der Waals surface area contributed by atoms with E-state index < -0.39 is 6.10 Å². The second kappa shape index (κ2) is 69.8. The number of ether oxygens (including phenoxy) is 3. The fourth-order valence-electron chi connectivity index (χ4n) is 10.1. The molecule has 0 saturated heterocycles. The van der Waals surface area contributed by atoms with Gasteiger partial charge in [-0.25, -0.2) is 0 Å². The normalized spacial score (nSPS) is 12.7. The van der Waals surface area contributed by atoms with E-state index in [1.165, 1.54) is 212 Å². The zero-order valence-corrected chi connectivity index (χ0v) is 54.2. The first kappa shape index (κ1) is 78.3. The van der Waals surface area contributed by atoms with Gasteiger partial charge in [0.15, 0.2) is 6.10 Å². The van der Waals surface area contributed by atoms with Crippen molar-refractivity contribution in [1.29, 1.82) is 0 Å². The lowest BCUT2D eigenvalue weighted by molar-refractivity contribution is -0.166. The van der Waals surface area contributed by atoms with Gasteiger partial charge in [-0.15, -0.1) is 0 Å². The zero-order chi connectivity index (χ0) is 59.2. The minimum Gasteiger partial charge on any atom is -0.462 e. The summed E-state index contributed by atoms with van der Waals surface area (Å²) in [5, 5.41) is 0. The van der Waals surface area contributed by atoms with E-state index in [4.69, 9.17) is 14.2 Å². The number of carbonyl (C=O) groups excluding carboxylic acids is 3. The molecular weight excluding hydrogens is 1010 g/mol. The predicted octanol–water partition coefficient (Wildman–Crippen LogP) is 24.4. The average molecular weight is 1140 g/mol. The molecule has 6 nitrogen and oxygen atoms in total. The second-order valence-corrected chi connectivity index (χ2v) is 23.4. The van der Waals surface area contributed by atoms with Gasteiger partial charge in [-0.3, -0.25) is 14.4 Å². The molecule has 0 aromatic heterocycles. The molecule has 0 aromatic carbocycles. The summed E-state index contributed by atoms with van der Waals surface area (Å²) in [4.78, 5) is 38.4. The molecule has 0 aliphatic heterocycles. The van der Waals surface area contributed by atoms with E-state index in [9.17, 15) is 14.4 Å². The van der Waals surface area contributed by atoms with Gasteiger partial charge in [-0.05, 0) is 89.9 Å². The Morgan fingerprint density at radius 1 is 0.256 bits per heavy atom. The number of rotatable bonds is 64. The number of esters is 3. The Morgan fingerprint density at radius 2 is 0.500 bits per heavy atom. The van der Waals surface area contributed by atoms with Crippen molar-refractivity contribution in [3.8, 4) is 0 Å². The van der Waals surface area contributed by atoms with E-state index in [0.29, 0.717) is 19.3 Å². The largest absolute Gasteiger partial charge is 0.462 e. The highest BCUT2D eigenvalue weighted by Crippen LogP contribution is 2.18. The van der Waals surface area contributed by atoms with Gasteiger partial charge in [0.2, 0.25) is 0 Å². The van der Waals surface area contributed by atoms with Crippen molar-refractivity contribution >= 4 is 17.9 Å². The van der Waals surface area contributed by atoms with Crippen LogP contribution in [0.2, 0.25) is 0 Å². The summed E-state index contributed by atoms with van der Waals surface area (Å²) in [6.07, 6.45) is 94.5. The highest BCUT2D eigenvalue weighted by Gasteiger charge is 2.19. The van der Waals surface area contributed by atoms with Crippen LogP contribution in [0.1, 0.15) is 348 Å². The fourth-order valence-corrected chi connectivity index (χ4v) is 10.1. The first-order valence-corrected chi connectivity index (χ1v) is 35.2. The van der Waals surface area contributed by atoms with Crippen LogP contribution in [-0.2, 0) is 28.6 Å². The second-order valence-electron chi connectivity index (χ2n) is 23.4. The van der Waals surface area contributed by atoms with Gasteiger partial charge >= 0.3 is 17.9 Å². The number of unbranched alkanes of at least 4 members (excludes halogenated alkanes) is 37. The molecule has 0 radical (unpaired) electrons. The zero-order valence-electron chi connectivity index (χ0n) is 54.2. The van der Waals surface area contributed by atoms with Crippen molar-refractivity contribution in [2.24, 2.45) is 0 Å². The fraction of sp³-hybridized carbons (Fsp3) is 0.750. The van der Waals surface area contributed by atoms with Crippen LogP contribution in [0.15, 0.2) is 97.2 Å². The SMILES string of the molecule is CC/C=C\C/C=C\C/C=C\C/C=C\C/C=C\C/C=C\CCC(=O)OC(COC(=O)CCCCCCCCC/C=C\C/C=C\CCCCCC)COC(=O)CCCCCCCCCCCCCCCCCCCCCCCCCCCCC. The monoisotopic (exact) mass is 1140 g/mol. The highest BCUT2D eigenvalue weighted by molar-refractivity contribution is 5.71. The van der Waals surface area contributed by atoms with Crippen LogP contribution >= 0.6 is 0 Å². The molecule has 0 spiro atoms. The molecule has 472 valence electrons. The molecule has 0 fully saturated rings. The lowest BCUT2D eigenvalue weighted by atomic mass is 10.0. The van der Waals surface area contributed by atoms with Crippen molar-refractivity contribution in [3.05, 3.63) is 97.2 Å². The number of carbonyl (C=O) groups is 3. The maximum atomic E-state index is 12.9. The molecule has 82 heavy (non-hydrogen) atoms. The van der Waals surface area contributed by atoms with Crippen LogP contribution < -0.4 is 0 Å². The Morgan fingerprint density at radius 3 is 0.805 bits per heavy atom. The van der Waals surface area contributed by atoms with Crippen molar-refractivity contribution in [1.82, 2.24) is 0 Å². The van der Waals surface area contributed by atoms with Gasteiger partial charge in [0.1, 0.15) is 13.2 Å². The van der Waals surface area contributed by atoms with Gasteiger partial charge < -0.3 is 14.2 Å². The molecule has 1 unspecified atom stereocenters. The number of hydrogen-bond acceptors (Lipinski definition) is 6. The maximum absolute atomic E-state index is 12.9. The summed E-state index contributed by atoms with van der Waals surface area (Å²) in [5.74, 6) is -0.985. The molecule has 0 N–H and O–H groups in total. The third-order valence-electron chi connectivity index (χ3n) is 15.3. The van der Waals surface area contributed by atoms with E-state index >= 15 is 0 Å². The van der Waals surface area contributed by atoms with Gasteiger partial charge in [0.05, 0.1) is 0 Å². The smallest absolute Gasteiger partial charge is 0.306 e. The summed E-state index contributed by atoms with van der Waals surface area (Å²) in [7, 11) is 0. The summed E-state index contributed by atoms with van der Waals surface area (Å²) in [6.45, 7) is 6.49. The van der Waals surface area contributed by atoms with E-state index in [1.807, 2.05) is 6.08 Å². The van der Waals surface area contributed by atoms with E-state index in [-0.39, 0.29) is 37.5 Å². The van der Waals surface area contributed by atoms with Gasteiger partial charge in [0, 0.05) is 19.3 Å². The van der Waals surface area contributed by atoms with Crippen molar-refractivity contribution in [2.75, 3.05) is 13.2 Å². The van der Waals surface area contributed by atoms with Gasteiger partial charge in [-0.1, -0.05) is 336 Å². The molecule has 0 aliphatic carbocycles. The molecule has 6 heteroatoms.